The van der Waals surface area contributed by atoms with Crippen LogP contribution in [0.15, 0.2) is 49.1 Å². The third kappa shape index (κ3) is 6.15. The van der Waals surface area contributed by atoms with Crippen molar-refractivity contribution in [3.8, 4) is 33.9 Å². The lowest BCUT2D eigenvalue weighted by molar-refractivity contribution is -0.134. The molecular formula is C32H37N9O4. The van der Waals surface area contributed by atoms with Gasteiger partial charge in [0.05, 0.1) is 36.8 Å². The monoisotopic (exact) mass is 611 g/mol. The molecule has 0 radical (unpaired) electrons. The lowest BCUT2D eigenvalue weighted by atomic mass is 10.1. The fourth-order valence-electron chi connectivity index (χ4n) is 6.13. The predicted molar refractivity (Wildman–Crippen MR) is 165 cm³/mol. The molecule has 2 fully saturated rings. The number of H-pyrrole nitrogens is 2. The minimum atomic E-state index is -0.708. The van der Waals surface area contributed by atoms with E-state index >= 15 is 0 Å². The Hall–Kier alpha value is -5.07. The fourth-order valence-corrected chi connectivity index (χ4v) is 6.13. The number of aromatic nitrogens is 6. The maximum absolute atomic E-state index is 13.0. The van der Waals surface area contributed by atoms with Crippen LogP contribution in [0.4, 0.5) is 4.79 Å². The first-order valence-corrected chi connectivity index (χ1v) is 15.3. The lowest BCUT2D eigenvalue weighted by Gasteiger charge is -2.26. The number of nitrogens with zero attached hydrogens (tertiary/aromatic N) is 6. The zero-order valence-corrected chi connectivity index (χ0v) is 25.6. The van der Waals surface area contributed by atoms with Gasteiger partial charge in [0.1, 0.15) is 17.7 Å². The largest absolute Gasteiger partial charge is 0.453 e. The average Bonchev–Trinajstić information content (AvgIpc) is 3.90. The number of rotatable bonds is 8. The second-order valence-corrected chi connectivity index (χ2v) is 11.4. The molecule has 3 amide bonds. The van der Waals surface area contributed by atoms with Gasteiger partial charge in [-0.3, -0.25) is 9.59 Å². The van der Waals surface area contributed by atoms with Crippen LogP contribution in [0.5, 0.6) is 0 Å². The van der Waals surface area contributed by atoms with Crippen LogP contribution in [0.25, 0.3) is 33.9 Å². The number of hydrogen-bond acceptors (Lipinski definition) is 8. The fraction of sp³-hybridized carbons (Fsp3) is 0.406. The standard InChI is InChI=1S/C32H37N9O4/c1-4-27(42)40-13-5-7-25(40)29-35-17-23(38-29)20-9-11-21(12-10-20)28-33-15-22(16-34-28)24-18-36-30(39-24)26-8-6-14-41(26)31(43)19(2)37-32(44)45-3/h9-12,15-19,25-26H,4-8,13-14H2,1-3H3,(H,35,38)(H,36,39)(H,37,44)/t19-,25-,26-/m0/s1. The van der Waals surface area contributed by atoms with Crippen LogP contribution < -0.4 is 5.32 Å². The molecule has 5 heterocycles. The summed E-state index contributed by atoms with van der Waals surface area (Å²) in [5, 5.41) is 2.54. The molecule has 3 N–H and O–H groups in total. The highest BCUT2D eigenvalue weighted by molar-refractivity contribution is 5.85. The van der Waals surface area contributed by atoms with E-state index in [0.717, 1.165) is 60.4 Å². The van der Waals surface area contributed by atoms with E-state index in [0.29, 0.717) is 30.3 Å². The highest BCUT2D eigenvalue weighted by Crippen LogP contribution is 2.33. The lowest BCUT2D eigenvalue weighted by Crippen LogP contribution is -2.46. The van der Waals surface area contributed by atoms with E-state index in [1.807, 2.05) is 42.3 Å². The van der Waals surface area contributed by atoms with Crippen molar-refractivity contribution in [1.29, 1.82) is 0 Å². The Balaban J connectivity index is 1.11. The number of carbonyl (C=O) groups excluding carboxylic acids is 3. The average molecular weight is 612 g/mol. The van der Waals surface area contributed by atoms with Gasteiger partial charge in [0, 0.05) is 49.2 Å². The number of nitrogens with one attached hydrogen (secondary N) is 3. The summed E-state index contributed by atoms with van der Waals surface area (Å²) < 4.78 is 4.62. The summed E-state index contributed by atoms with van der Waals surface area (Å²) in [6.45, 7) is 4.90. The Morgan fingerprint density at radius 1 is 0.933 bits per heavy atom. The third-order valence-electron chi connectivity index (χ3n) is 8.53. The molecule has 3 atom stereocenters. The molecule has 234 valence electrons. The molecule has 13 heteroatoms. The van der Waals surface area contributed by atoms with E-state index in [1.165, 1.54) is 7.11 Å². The van der Waals surface area contributed by atoms with E-state index in [2.05, 4.69) is 35.0 Å². The molecule has 1 aromatic carbocycles. The van der Waals surface area contributed by atoms with E-state index in [1.54, 1.807) is 30.4 Å². The van der Waals surface area contributed by atoms with Gasteiger partial charge >= 0.3 is 6.09 Å². The van der Waals surface area contributed by atoms with Gasteiger partial charge in [0.2, 0.25) is 11.8 Å². The van der Waals surface area contributed by atoms with E-state index < -0.39 is 12.1 Å². The third-order valence-corrected chi connectivity index (χ3v) is 8.53. The quantitative estimate of drug-likeness (QED) is 0.264. The maximum Gasteiger partial charge on any atom is 0.407 e. The smallest absolute Gasteiger partial charge is 0.407 e. The van der Waals surface area contributed by atoms with Gasteiger partial charge < -0.3 is 29.8 Å². The summed E-state index contributed by atoms with van der Waals surface area (Å²) in [7, 11) is 1.27. The van der Waals surface area contributed by atoms with Gasteiger partial charge in [-0.15, -0.1) is 0 Å². The molecule has 6 rings (SSSR count). The Kier molecular flexibility index (Phi) is 8.58. The van der Waals surface area contributed by atoms with Gasteiger partial charge in [-0.05, 0) is 38.2 Å². The summed E-state index contributed by atoms with van der Waals surface area (Å²) in [6, 6.07) is 7.03. The Morgan fingerprint density at radius 3 is 2.29 bits per heavy atom. The molecule has 4 aromatic rings. The molecule has 2 saturated heterocycles. The van der Waals surface area contributed by atoms with Gasteiger partial charge in [-0.1, -0.05) is 31.2 Å². The van der Waals surface area contributed by atoms with Crippen molar-refractivity contribution in [2.75, 3.05) is 20.2 Å². The highest BCUT2D eigenvalue weighted by Gasteiger charge is 2.35. The van der Waals surface area contributed by atoms with Crippen molar-refractivity contribution in [3.63, 3.8) is 0 Å². The van der Waals surface area contributed by atoms with E-state index in [-0.39, 0.29) is 23.9 Å². The Labute approximate surface area is 260 Å². The van der Waals surface area contributed by atoms with E-state index in [4.69, 9.17) is 4.98 Å². The van der Waals surface area contributed by atoms with Crippen molar-refractivity contribution in [1.82, 2.24) is 45.0 Å². The topological polar surface area (TPSA) is 162 Å². The van der Waals surface area contributed by atoms with Crippen LogP contribution in [0.3, 0.4) is 0 Å². The molecule has 0 unspecified atom stereocenters. The number of imidazole rings is 2. The second-order valence-electron chi connectivity index (χ2n) is 11.4. The summed E-state index contributed by atoms with van der Waals surface area (Å²) >= 11 is 0. The Morgan fingerprint density at radius 2 is 1.60 bits per heavy atom. The van der Waals surface area contributed by atoms with Gasteiger partial charge in [0.25, 0.3) is 0 Å². The van der Waals surface area contributed by atoms with Crippen molar-refractivity contribution in [2.45, 2.75) is 64.1 Å². The molecule has 3 aromatic heterocycles. The molecule has 2 aliphatic heterocycles. The summed E-state index contributed by atoms with van der Waals surface area (Å²) in [6.07, 6.45) is 10.5. The second kappa shape index (κ2) is 12.9. The van der Waals surface area contributed by atoms with Crippen LogP contribution in [-0.2, 0) is 14.3 Å². The predicted octanol–water partition coefficient (Wildman–Crippen LogP) is 4.41. The first-order chi connectivity index (χ1) is 21.9. The van der Waals surface area contributed by atoms with Crippen LogP contribution in [-0.4, -0.2) is 83.9 Å². The van der Waals surface area contributed by atoms with Crippen molar-refractivity contribution in [2.24, 2.45) is 0 Å². The number of ether oxygens (including phenoxy) is 1. The molecule has 0 saturated carbocycles. The maximum atomic E-state index is 13.0. The molecular weight excluding hydrogens is 574 g/mol. The van der Waals surface area contributed by atoms with Crippen molar-refractivity contribution >= 4 is 17.9 Å². The number of hydrogen-bond donors (Lipinski definition) is 3. The molecule has 45 heavy (non-hydrogen) atoms. The summed E-state index contributed by atoms with van der Waals surface area (Å²) in [5.74, 6) is 2.07. The molecule has 0 aliphatic carbocycles. The summed E-state index contributed by atoms with van der Waals surface area (Å²) in [4.78, 5) is 65.8. The zero-order valence-electron chi connectivity index (χ0n) is 25.6. The minimum absolute atomic E-state index is 0.00149. The van der Waals surface area contributed by atoms with Crippen LogP contribution in [0, 0.1) is 0 Å². The zero-order chi connectivity index (χ0) is 31.5. The minimum Gasteiger partial charge on any atom is -0.453 e. The van der Waals surface area contributed by atoms with Crippen molar-refractivity contribution in [3.05, 3.63) is 60.7 Å². The number of alkyl carbamates (subject to hydrolysis) is 1. The van der Waals surface area contributed by atoms with Gasteiger partial charge in [0.15, 0.2) is 5.82 Å². The summed E-state index contributed by atoms with van der Waals surface area (Å²) in [5.41, 5.74) is 4.19. The van der Waals surface area contributed by atoms with Gasteiger partial charge in [-0.2, -0.15) is 0 Å². The number of aromatic amines is 2. The first-order valence-electron chi connectivity index (χ1n) is 15.3. The molecule has 0 spiro atoms. The van der Waals surface area contributed by atoms with Gasteiger partial charge in [-0.25, -0.2) is 24.7 Å². The molecule has 2 aliphatic rings. The number of methoxy groups -OCH3 is 1. The van der Waals surface area contributed by atoms with Crippen LogP contribution in [0.1, 0.15) is 69.7 Å². The highest BCUT2D eigenvalue weighted by atomic mass is 16.5. The van der Waals surface area contributed by atoms with Crippen LogP contribution >= 0.6 is 0 Å². The molecule has 0 bridgehead atoms. The SMILES string of the molecule is CCC(=O)N1CCC[C@H]1c1ncc(-c2ccc(-c3ncc(-c4c[nH]c([C@@H]5CCCN5C(=O)[C@H](C)NC(=O)OC)n4)cn3)cc2)[nH]1. The Bertz CT molecular complexity index is 1660. The normalized spacial score (nSPS) is 18.6. The number of likely N-dealkylation sites (tertiary alicyclic amines) is 2. The number of benzene rings is 1. The number of amides is 3. The van der Waals surface area contributed by atoms with E-state index in [9.17, 15) is 14.4 Å². The van der Waals surface area contributed by atoms with Crippen molar-refractivity contribution < 1.29 is 19.1 Å². The van der Waals surface area contributed by atoms with Crippen LogP contribution in [0.2, 0.25) is 0 Å². The number of carbonyl (C=O) groups is 3. The molecule has 13 nitrogen and oxygen atoms in total. The first kappa shape index (κ1) is 30.0.